The lowest BCUT2D eigenvalue weighted by Crippen LogP contribution is -2.58. The van der Waals surface area contributed by atoms with Crippen LogP contribution in [-0.4, -0.2) is 49.3 Å². The van der Waals surface area contributed by atoms with Gasteiger partial charge in [-0.1, -0.05) is 194 Å². The number of hydrogen-bond acceptors (Lipinski definition) is 3. The highest BCUT2D eigenvalue weighted by molar-refractivity contribution is 7.10. The van der Waals surface area contributed by atoms with Crippen LogP contribution in [0.25, 0.3) is 0 Å². The van der Waals surface area contributed by atoms with Gasteiger partial charge >= 0.3 is 0 Å². The van der Waals surface area contributed by atoms with Crippen molar-refractivity contribution in [3.8, 4) is 0 Å². The molecule has 0 spiro atoms. The molecule has 0 unspecified atom stereocenters. The number of nitrogens with zero attached hydrogens (tertiary/aromatic N) is 1. The minimum absolute atomic E-state index is 0.0452. The molecule has 0 heterocycles. The van der Waals surface area contributed by atoms with Gasteiger partial charge in [-0.05, 0) is 12.8 Å². The van der Waals surface area contributed by atoms with Crippen LogP contribution in [0.4, 0.5) is 0 Å². The summed E-state index contributed by atoms with van der Waals surface area (Å²) in [6, 6.07) is 0. The Hall–Kier alpha value is -0.310. The molecule has 0 aromatic heterocycles. The Morgan fingerprint density at radius 1 is 0.435 bits per heavy atom. The third-order valence-electron chi connectivity index (χ3n) is 9.79. The van der Waals surface area contributed by atoms with Gasteiger partial charge in [-0.2, -0.15) is 0 Å². The lowest BCUT2D eigenvalue weighted by molar-refractivity contribution is -0.873. The van der Waals surface area contributed by atoms with Crippen molar-refractivity contribution in [1.82, 2.24) is 0 Å². The van der Waals surface area contributed by atoms with Crippen LogP contribution < -0.4 is 0 Å². The summed E-state index contributed by atoms with van der Waals surface area (Å²) in [7, 11) is 9.30. The number of unbranched alkanes of at least 4 members (excludes halogenated alkanes) is 28. The summed E-state index contributed by atoms with van der Waals surface area (Å²) in [5, 5.41) is 0. The second kappa shape index (κ2) is 31.9. The van der Waals surface area contributed by atoms with Crippen LogP contribution in [0.3, 0.4) is 0 Å². The molecule has 0 saturated heterocycles. The van der Waals surface area contributed by atoms with Crippen molar-refractivity contribution in [3.05, 3.63) is 0 Å². The first-order valence-corrected chi connectivity index (χ1v) is 20.9. The molecule has 0 amide bonds. The molecule has 0 atom stereocenters. The summed E-state index contributed by atoms with van der Waals surface area (Å²) >= 11 is 0. The zero-order chi connectivity index (χ0) is 34.2. The monoisotopic (exact) mass is 668 g/mol. The molecule has 0 saturated carbocycles. The number of ketones is 2. The van der Waals surface area contributed by atoms with Crippen molar-refractivity contribution in [2.45, 2.75) is 225 Å². The van der Waals surface area contributed by atoms with E-state index in [1.54, 1.807) is 0 Å². The zero-order valence-corrected chi connectivity index (χ0v) is 33.0. The van der Waals surface area contributed by atoms with Gasteiger partial charge in [-0.25, -0.2) is 0 Å². The van der Waals surface area contributed by atoms with Gasteiger partial charge in [-0.15, -0.1) is 0 Å². The van der Waals surface area contributed by atoms with Gasteiger partial charge in [0.05, 0.1) is 21.1 Å². The molecule has 0 aliphatic rings. The molecular formula is C41H82NO3P. The molecular weight excluding hydrogens is 585 g/mol. The standard InChI is InChI=1S/C41H82NO3P/c1-6-8-10-12-14-16-18-20-22-24-26-28-30-32-34-36-39(43)41(45-46,38-42(3,4)5)40(44)37-35-33-31-29-27-25-23-21-19-17-15-13-11-9-7-2/h46H,6-38H2,1-5H3. The SMILES string of the molecule is CCCCCCCCCCCCCCCCCC(=O)C(C[N+](C)(C)C)(O[PH-])C(=O)CCCCCCCCCCCCCCCCC. The van der Waals surface area contributed by atoms with Crippen LogP contribution in [0, 0.1) is 0 Å². The van der Waals surface area contributed by atoms with E-state index in [0.29, 0.717) is 23.9 Å². The highest BCUT2D eigenvalue weighted by Crippen LogP contribution is 2.27. The van der Waals surface area contributed by atoms with Crippen molar-refractivity contribution in [2.24, 2.45) is 0 Å². The number of Topliss-reactive ketones (excluding diaryl/α,β-unsaturated/α-hetero) is 2. The van der Waals surface area contributed by atoms with Crippen LogP contribution in [0.5, 0.6) is 0 Å². The van der Waals surface area contributed by atoms with Crippen LogP contribution in [0.2, 0.25) is 0 Å². The fourth-order valence-corrected chi connectivity index (χ4v) is 7.16. The number of carbonyl (C=O) groups is 2. The number of carbonyl (C=O) groups excluding carboxylic acids is 2. The maximum Gasteiger partial charge on any atom is 0.204 e. The van der Waals surface area contributed by atoms with Crippen molar-refractivity contribution < 1.29 is 18.6 Å². The Balaban J connectivity index is 4.15. The molecule has 274 valence electrons. The van der Waals surface area contributed by atoms with E-state index in [1.807, 2.05) is 21.1 Å². The maximum absolute atomic E-state index is 13.5. The van der Waals surface area contributed by atoms with Crippen molar-refractivity contribution in [2.75, 3.05) is 27.7 Å². The van der Waals surface area contributed by atoms with Crippen LogP contribution in [0.1, 0.15) is 219 Å². The number of rotatable bonds is 37. The average molecular weight is 668 g/mol. The predicted octanol–water partition coefficient (Wildman–Crippen LogP) is 13.2. The quantitative estimate of drug-likeness (QED) is 0.0287. The Morgan fingerprint density at radius 3 is 0.848 bits per heavy atom. The van der Waals surface area contributed by atoms with Crippen molar-refractivity contribution >= 4 is 21.0 Å². The van der Waals surface area contributed by atoms with Gasteiger partial charge in [0.25, 0.3) is 0 Å². The maximum atomic E-state index is 13.5. The molecule has 0 aromatic rings. The van der Waals surface area contributed by atoms with Crippen LogP contribution >= 0.6 is 9.47 Å². The number of hydrogen-bond donors (Lipinski definition) is 0. The van der Waals surface area contributed by atoms with Crippen molar-refractivity contribution in [3.63, 3.8) is 0 Å². The highest BCUT2D eigenvalue weighted by atomic mass is 31.0. The zero-order valence-electron chi connectivity index (χ0n) is 32.0. The van der Waals surface area contributed by atoms with E-state index in [4.69, 9.17) is 4.52 Å². The van der Waals surface area contributed by atoms with Gasteiger partial charge in [0.15, 0.2) is 11.6 Å². The minimum Gasteiger partial charge on any atom is -0.541 e. The van der Waals surface area contributed by atoms with E-state index in [0.717, 1.165) is 25.7 Å². The molecule has 0 aliphatic carbocycles. The first-order valence-electron chi connectivity index (χ1n) is 20.4. The predicted molar refractivity (Wildman–Crippen MR) is 204 cm³/mol. The highest BCUT2D eigenvalue weighted by Gasteiger charge is 2.46. The average Bonchev–Trinajstić information content (AvgIpc) is 3.02. The Labute approximate surface area is 291 Å². The number of quaternary nitrogens is 1. The van der Waals surface area contributed by atoms with E-state index < -0.39 is 5.60 Å². The molecule has 0 aromatic carbocycles. The normalized spacial score (nSPS) is 12.2. The summed E-state index contributed by atoms with van der Waals surface area (Å²) in [5.74, 6) is -0.0904. The molecule has 0 rings (SSSR count). The Kier molecular flexibility index (Phi) is 31.7. The lowest BCUT2D eigenvalue weighted by Gasteiger charge is -2.39. The Bertz CT molecular complexity index is 644. The molecule has 0 aliphatic heterocycles. The second-order valence-electron chi connectivity index (χ2n) is 15.6. The number of likely N-dealkylation sites (N-methyl/N-ethyl adjacent to an activating group) is 1. The summed E-state index contributed by atoms with van der Waals surface area (Å²) in [4.78, 5) is 27.0. The third-order valence-corrected chi connectivity index (χ3v) is 10.1. The van der Waals surface area contributed by atoms with Gasteiger partial charge in [0.2, 0.25) is 5.60 Å². The smallest absolute Gasteiger partial charge is 0.204 e. The second-order valence-corrected chi connectivity index (χ2v) is 15.8. The fraction of sp³-hybridized carbons (Fsp3) is 0.951. The topological polar surface area (TPSA) is 43.4 Å². The third kappa shape index (κ3) is 26.6. The molecule has 0 fully saturated rings. The fourth-order valence-electron chi connectivity index (χ4n) is 6.86. The minimum atomic E-state index is -1.37. The van der Waals surface area contributed by atoms with E-state index in [1.165, 1.54) is 167 Å². The molecule has 5 heteroatoms. The molecule has 46 heavy (non-hydrogen) atoms. The van der Waals surface area contributed by atoms with Crippen LogP contribution in [-0.2, 0) is 14.1 Å². The summed E-state index contributed by atoms with van der Waals surface area (Å²) in [5.41, 5.74) is -1.37. The van der Waals surface area contributed by atoms with Crippen LogP contribution in [0.15, 0.2) is 0 Å². The van der Waals surface area contributed by atoms with E-state index in [-0.39, 0.29) is 11.6 Å². The molecule has 0 N–H and O–H groups in total. The van der Waals surface area contributed by atoms with E-state index >= 15 is 0 Å². The van der Waals surface area contributed by atoms with Crippen molar-refractivity contribution in [1.29, 1.82) is 0 Å². The summed E-state index contributed by atoms with van der Waals surface area (Å²) in [6.45, 7) is 4.93. The van der Waals surface area contributed by atoms with Gasteiger partial charge < -0.3 is 18.5 Å². The molecule has 4 nitrogen and oxygen atoms in total. The first kappa shape index (κ1) is 45.7. The van der Waals surface area contributed by atoms with E-state index in [9.17, 15) is 9.59 Å². The largest absolute Gasteiger partial charge is 0.541 e. The van der Waals surface area contributed by atoms with Gasteiger partial charge in [0.1, 0.15) is 6.54 Å². The van der Waals surface area contributed by atoms with Gasteiger partial charge in [-0.3, -0.25) is 9.59 Å². The molecule has 0 bridgehead atoms. The van der Waals surface area contributed by atoms with E-state index in [2.05, 4.69) is 23.3 Å². The Morgan fingerprint density at radius 2 is 0.652 bits per heavy atom. The van der Waals surface area contributed by atoms with Gasteiger partial charge in [0, 0.05) is 12.8 Å². The first-order chi connectivity index (χ1) is 22.2. The summed E-state index contributed by atoms with van der Waals surface area (Å²) in [6.07, 6.45) is 39.9. The molecule has 0 radical (unpaired) electrons. The summed E-state index contributed by atoms with van der Waals surface area (Å²) < 4.78 is 6.19. The lowest BCUT2D eigenvalue weighted by atomic mass is 9.86.